The highest BCUT2D eigenvalue weighted by atomic mass is 32.2. The van der Waals surface area contributed by atoms with E-state index < -0.39 is 21.0 Å². The molecular formula is C11H11N3O4S. The number of rotatable bonds is 4. The van der Waals surface area contributed by atoms with Crippen LogP contribution >= 0.6 is 0 Å². The third kappa shape index (κ3) is 3.38. The summed E-state index contributed by atoms with van der Waals surface area (Å²) in [5.41, 5.74) is 0.613. The van der Waals surface area contributed by atoms with Crippen molar-refractivity contribution in [3.63, 3.8) is 0 Å². The molecule has 19 heavy (non-hydrogen) atoms. The number of hydrogen-bond acceptors (Lipinski definition) is 6. The van der Waals surface area contributed by atoms with Gasteiger partial charge in [0.2, 0.25) is 15.7 Å². The first-order valence-electron chi connectivity index (χ1n) is 5.35. The maximum atomic E-state index is 12.0. The number of nitrogens with one attached hydrogen (secondary N) is 1. The summed E-state index contributed by atoms with van der Waals surface area (Å²) < 4.78 is 28.9. The minimum atomic E-state index is -3.72. The second kappa shape index (κ2) is 5.19. The summed E-state index contributed by atoms with van der Waals surface area (Å²) in [5.74, 6) is -0.661. The van der Waals surface area contributed by atoms with Crippen LogP contribution in [0.1, 0.15) is 12.5 Å². The predicted molar refractivity (Wildman–Crippen MR) is 65.9 cm³/mol. The number of nitrogens with zero attached hydrogens (tertiary/aromatic N) is 2. The van der Waals surface area contributed by atoms with Crippen LogP contribution in [0.25, 0.3) is 0 Å². The second-order valence-corrected chi connectivity index (χ2v) is 5.67. The van der Waals surface area contributed by atoms with E-state index in [9.17, 15) is 13.2 Å². The Hall–Kier alpha value is -2.22. The highest BCUT2D eigenvalue weighted by Crippen LogP contribution is 2.16. The van der Waals surface area contributed by atoms with Gasteiger partial charge in [-0.25, -0.2) is 8.42 Å². The zero-order chi connectivity index (χ0) is 13.9. The molecule has 0 bridgehead atoms. The van der Waals surface area contributed by atoms with Gasteiger partial charge in [-0.2, -0.15) is 0 Å². The molecule has 1 aromatic heterocycles. The van der Waals surface area contributed by atoms with Crippen LogP contribution in [0.3, 0.4) is 0 Å². The van der Waals surface area contributed by atoms with Gasteiger partial charge in [-0.15, -0.1) is 0 Å². The number of carbonyl (C=O) groups is 1. The molecule has 0 unspecified atom stereocenters. The number of aromatic nitrogens is 2. The van der Waals surface area contributed by atoms with Gasteiger partial charge >= 0.3 is 11.2 Å². The van der Waals surface area contributed by atoms with Crippen LogP contribution in [0.15, 0.2) is 40.0 Å². The largest absolute Gasteiger partial charge is 0.394 e. The fourth-order valence-corrected chi connectivity index (χ4v) is 2.52. The molecule has 1 amide bonds. The van der Waals surface area contributed by atoms with Crippen LogP contribution in [-0.2, 0) is 20.4 Å². The fourth-order valence-electron chi connectivity index (χ4n) is 1.39. The molecular weight excluding hydrogens is 270 g/mol. The van der Waals surface area contributed by atoms with Gasteiger partial charge in [-0.05, 0) is 5.56 Å². The summed E-state index contributed by atoms with van der Waals surface area (Å²) in [6, 6.07) is 8.39. The van der Waals surface area contributed by atoms with Gasteiger partial charge < -0.3 is 4.42 Å². The van der Waals surface area contributed by atoms with Gasteiger partial charge in [0.1, 0.15) is 0 Å². The molecule has 0 saturated carbocycles. The van der Waals surface area contributed by atoms with Crippen molar-refractivity contribution >= 4 is 21.8 Å². The lowest BCUT2D eigenvalue weighted by Gasteiger charge is -1.99. The molecule has 7 nitrogen and oxygen atoms in total. The van der Waals surface area contributed by atoms with Crippen LogP contribution in [0.4, 0.5) is 6.01 Å². The Labute approximate surface area is 109 Å². The van der Waals surface area contributed by atoms with E-state index in [4.69, 9.17) is 4.42 Å². The van der Waals surface area contributed by atoms with Crippen molar-refractivity contribution in [3.05, 3.63) is 35.9 Å². The van der Waals surface area contributed by atoms with Crippen molar-refractivity contribution < 1.29 is 17.6 Å². The number of hydrogen-bond donors (Lipinski definition) is 1. The lowest BCUT2D eigenvalue weighted by atomic mass is 10.2. The Morgan fingerprint density at radius 3 is 2.58 bits per heavy atom. The molecule has 0 atom stereocenters. The third-order valence-corrected chi connectivity index (χ3v) is 3.57. The monoisotopic (exact) mass is 281 g/mol. The van der Waals surface area contributed by atoms with Gasteiger partial charge in [0.15, 0.2) is 0 Å². The molecule has 0 aliphatic heterocycles. The molecule has 0 aliphatic carbocycles. The van der Waals surface area contributed by atoms with Crippen LogP contribution in [0.2, 0.25) is 0 Å². The third-order valence-electron chi connectivity index (χ3n) is 2.15. The van der Waals surface area contributed by atoms with E-state index >= 15 is 0 Å². The lowest BCUT2D eigenvalue weighted by Crippen LogP contribution is -2.06. The van der Waals surface area contributed by atoms with Gasteiger partial charge in [0.05, 0.1) is 5.75 Å². The van der Waals surface area contributed by atoms with Gasteiger partial charge in [0, 0.05) is 6.92 Å². The summed E-state index contributed by atoms with van der Waals surface area (Å²) in [6.07, 6.45) is 0. The van der Waals surface area contributed by atoms with Crippen LogP contribution < -0.4 is 5.32 Å². The minimum Gasteiger partial charge on any atom is -0.394 e. The van der Waals surface area contributed by atoms with E-state index in [2.05, 4.69) is 15.5 Å². The van der Waals surface area contributed by atoms with Crippen molar-refractivity contribution in [2.75, 3.05) is 5.32 Å². The molecule has 1 aromatic carbocycles. The molecule has 8 heteroatoms. The number of amides is 1. The average molecular weight is 281 g/mol. The minimum absolute atomic E-state index is 0.237. The first-order valence-corrected chi connectivity index (χ1v) is 7.00. The molecule has 1 heterocycles. The first kappa shape index (κ1) is 13.2. The number of anilines is 1. The Bertz CT molecular complexity index is 679. The standard InChI is InChI=1S/C11H11N3O4S/c1-8(15)12-10-13-14-11(18-10)19(16,17)7-9-5-3-2-4-6-9/h2-6H,7H2,1H3,(H,12,13,15). The topological polar surface area (TPSA) is 102 Å². The molecule has 1 N–H and O–H groups in total. The first-order chi connectivity index (χ1) is 8.97. The zero-order valence-electron chi connectivity index (χ0n) is 10.0. The molecule has 0 spiro atoms. The van der Waals surface area contributed by atoms with Gasteiger partial charge in [-0.3, -0.25) is 10.1 Å². The fraction of sp³-hybridized carbons (Fsp3) is 0.182. The number of carbonyl (C=O) groups excluding carboxylic acids is 1. The van der Waals surface area contributed by atoms with E-state index in [1.165, 1.54) is 6.92 Å². The van der Waals surface area contributed by atoms with Crippen molar-refractivity contribution in [2.45, 2.75) is 17.9 Å². The Balaban J connectivity index is 2.20. The van der Waals surface area contributed by atoms with Crippen molar-refractivity contribution in [1.29, 1.82) is 0 Å². The van der Waals surface area contributed by atoms with Crippen LogP contribution in [-0.4, -0.2) is 24.5 Å². The highest BCUT2D eigenvalue weighted by Gasteiger charge is 2.23. The summed E-state index contributed by atoms with van der Waals surface area (Å²) >= 11 is 0. The summed E-state index contributed by atoms with van der Waals surface area (Å²) in [4.78, 5) is 10.8. The van der Waals surface area contributed by atoms with Crippen LogP contribution in [0, 0.1) is 0 Å². The molecule has 0 saturated heterocycles. The predicted octanol–water partition coefficient (Wildman–Crippen LogP) is 1.00. The summed E-state index contributed by atoms with van der Waals surface area (Å²) in [7, 11) is -3.72. The summed E-state index contributed by atoms with van der Waals surface area (Å²) in [6.45, 7) is 1.25. The van der Waals surface area contributed by atoms with Crippen molar-refractivity contribution in [3.8, 4) is 0 Å². The smallest absolute Gasteiger partial charge is 0.337 e. The van der Waals surface area contributed by atoms with Gasteiger partial charge in [0.25, 0.3) is 0 Å². The molecule has 100 valence electrons. The molecule has 0 fully saturated rings. The molecule has 2 rings (SSSR count). The van der Waals surface area contributed by atoms with Crippen LogP contribution in [0.5, 0.6) is 0 Å². The van der Waals surface area contributed by atoms with Crippen molar-refractivity contribution in [2.24, 2.45) is 0 Å². The Morgan fingerprint density at radius 2 is 1.95 bits per heavy atom. The highest BCUT2D eigenvalue weighted by molar-refractivity contribution is 7.90. The summed E-state index contributed by atoms with van der Waals surface area (Å²) in [5, 5.41) is 8.56. The van der Waals surface area contributed by atoms with E-state index in [1.54, 1.807) is 30.3 Å². The maximum absolute atomic E-state index is 12.0. The maximum Gasteiger partial charge on any atom is 0.337 e. The Kier molecular flexibility index (Phi) is 3.61. The quantitative estimate of drug-likeness (QED) is 0.897. The SMILES string of the molecule is CC(=O)Nc1nnc(S(=O)(=O)Cc2ccccc2)o1. The van der Waals surface area contributed by atoms with Gasteiger partial charge in [-0.1, -0.05) is 40.5 Å². The van der Waals surface area contributed by atoms with E-state index in [0.717, 1.165) is 0 Å². The van der Waals surface area contributed by atoms with Crippen molar-refractivity contribution in [1.82, 2.24) is 10.2 Å². The molecule has 0 aliphatic rings. The zero-order valence-corrected chi connectivity index (χ0v) is 10.8. The number of sulfone groups is 1. The molecule has 2 aromatic rings. The van der Waals surface area contributed by atoms with E-state index in [1.807, 2.05) is 0 Å². The normalized spacial score (nSPS) is 11.2. The van der Waals surface area contributed by atoms with E-state index in [0.29, 0.717) is 5.56 Å². The van der Waals surface area contributed by atoms with E-state index in [-0.39, 0.29) is 11.8 Å². The molecule has 0 radical (unpaired) electrons. The average Bonchev–Trinajstić information content (AvgIpc) is 2.78. The Morgan fingerprint density at radius 1 is 1.26 bits per heavy atom. The number of benzene rings is 1. The lowest BCUT2D eigenvalue weighted by molar-refractivity contribution is -0.114. The second-order valence-electron chi connectivity index (χ2n) is 3.80.